The highest BCUT2D eigenvalue weighted by atomic mass is 32.1. The molecule has 1 N–H and O–H groups in total. The van der Waals surface area contributed by atoms with E-state index in [-0.39, 0.29) is 22.2 Å². The van der Waals surface area contributed by atoms with Crippen molar-refractivity contribution in [3.8, 4) is 5.75 Å². The number of hydrogen-bond donors (Lipinski definition) is 1. The standard InChI is InChI=1S/C28H23N3O6S/c1-3-16-8-13-21-22(14-16)38-28(29-21)30-24(18-6-5-7-19(15-18)31(35)36)23(26(33)27(30)34)25(32)17-9-11-20(12-10-17)37-4-2/h5-15,24,32H,3-4H2,1-2H3/b25-23+/t24-/m1/s1. The van der Waals surface area contributed by atoms with Gasteiger partial charge in [0.25, 0.3) is 11.5 Å². The van der Waals surface area contributed by atoms with Gasteiger partial charge in [-0.25, -0.2) is 4.98 Å². The Morgan fingerprint density at radius 1 is 1.11 bits per heavy atom. The zero-order valence-electron chi connectivity index (χ0n) is 20.6. The number of fused-ring (bicyclic) bond motifs is 1. The van der Waals surface area contributed by atoms with Crippen LogP contribution >= 0.6 is 11.3 Å². The third-order valence-electron chi connectivity index (χ3n) is 6.34. The first-order valence-corrected chi connectivity index (χ1v) is 12.8. The molecular weight excluding hydrogens is 506 g/mol. The number of non-ortho nitro benzene ring substituents is 1. The average molecular weight is 530 g/mol. The summed E-state index contributed by atoms with van der Waals surface area (Å²) >= 11 is 1.24. The number of nitro benzene ring substituents is 1. The summed E-state index contributed by atoms with van der Waals surface area (Å²) in [4.78, 5) is 43.6. The average Bonchev–Trinajstić information content (AvgIpc) is 3.46. The lowest BCUT2D eigenvalue weighted by Crippen LogP contribution is -2.29. The molecule has 4 aromatic rings. The minimum absolute atomic E-state index is 0.173. The molecule has 1 aliphatic heterocycles. The third-order valence-corrected chi connectivity index (χ3v) is 7.35. The number of Topliss-reactive ketones (excluding diaryl/α,β-unsaturated/α-hetero) is 1. The topological polar surface area (TPSA) is 123 Å². The maximum atomic E-state index is 13.4. The lowest BCUT2D eigenvalue weighted by molar-refractivity contribution is -0.384. The highest BCUT2D eigenvalue weighted by molar-refractivity contribution is 7.22. The molecule has 0 radical (unpaired) electrons. The molecule has 1 amide bonds. The number of ketones is 1. The number of aliphatic hydroxyl groups excluding tert-OH is 1. The lowest BCUT2D eigenvalue weighted by atomic mass is 9.95. The molecule has 38 heavy (non-hydrogen) atoms. The molecule has 0 saturated carbocycles. The summed E-state index contributed by atoms with van der Waals surface area (Å²) in [6, 6.07) is 16.8. The zero-order valence-corrected chi connectivity index (χ0v) is 21.4. The molecule has 9 nitrogen and oxygen atoms in total. The first-order chi connectivity index (χ1) is 18.3. The van der Waals surface area contributed by atoms with Gasteiger partial charge in [-0.2, -0.15) is 0 Å². The van der Waals surface area contributed by atoms with Gasteiger partial charge in [0.05, 0.1) is 33.4 Å². The Labute approximate surface area is 221 Å². The van der Waals surface area contributed by atoms with Crippen molar-refractivity contribution < 1.29 is 24.4 Å². The van der Waals surface area contributed by atoms with Crippen LogP contribution in [0.5, 0.6) is 5.75 Å². The molecule has 0 unspecified atom stereocenters. The predicted octanol–water partition coefficient (Wildman–Crippen LogP) is 5.79. The van der Waals surface area contributed by atoms with Crippen molar-refractivity contribution in [2.45, 2.75) is 26.3 Å². The molecule has 1 atom stereocenters. The maximum absolute atomic E-state index is 13.4. The van der Waals surface area contributed by atoms with E-state index in [0.717, 1.165) is 16.7 Å². The first kappa shape index (κ1) is 25.1. The summed E-state index contributed by atoms with van der Waals surface area (Å²) in [6.07, 6.45) is 0.823. The van der Waals surface area contributed by atoms with Crippen LogP contribution in [0.3, 0.4) is 0 Å². The van der Waals surface area contributed by atoms with E-state index in [1.54, 1.807) is 30.3 Å². The number of benzene rings is 3. The van der Waals surface area contributed by atoms with E-state index in [2.05, 4.69) is 4.98 Å². The van der Waals surface area contributed by atoms with Crippen molar-refractivity contribution in [3.05, 3.63) is 99.1 Å². The van der Waals surface area contributed by atoms with E-state index in [0.29, 0.717) is 29.0 Å². The number of anilines is 1. The second-order valence-corrected chi connectivity index (χ2v) is 9.64. The van der Waals surface area contributed by atoms with Gasteiger partial charge in [-0.3, -0.25) is 24.6 Å². The van der Waals surface area contributed by atoms with Crippen molar-refractivity contribution in [1.29, 1.82) is 0 Å². The van der Waals surface area contributed by atoms with E-state index in [4.69, 9.17) is 4.74 Å². The van der Waals surface area contributed by atoms with Crippen molar-refractivity contribution in [3.63, 3.8) is 0 Å². The van der Waals surface area contributed by atoms with Gasteiger partial charge < -0.3 is 9.84 Å². The third kappa shape index (κ3) is 4.39. The van der Waals surface area contributed by atoms with E-state index in [9.17, 15) is 24.8 Å². The van der Waals surface area contributed by atoms with E-state index in [1.807, 2.05) is 32.0 Å². The van der Waals surface area contributed by atoms with Crippen molar-refractivity contribution in [1.82, 2.24) is 4.98 Å². The summed E-state index contributed by atoms with van der Waals surface area (Å²) in [7, 11) is 0. The molecule has 0 aliphatic carbocycles. The molecule has 192 valence electrons. The highest BCUT2D eigenvalue weighted by Gasteiger charge is 2.48. The Bertz CT molecular complexity index is 1610. The van der Waals surface area contributed by atoms with Crippen LogP contribution in [-0.4, -0.2) is 33.3 Å². The number of carbonyl (C=O) groups is 2. The minimum atomic E-state index is -1.12. The number of ether oxygens (including phenoxy) is 1. The Morgan fingerprint density at radius 3 is 2.55 bits per heavy atom. The van der Waals surface area contributed by atoms with Crippen LogP contribution in [0.25, 0.3) is 16.0 Å². The lowest BCUT2D eigenvalue weighted by Gasteiger charge is -2.22. The van der Waals surface area contributed by atoms with Crippen LogP contribution < -0.4 is 9.64 Å². The summed E-state index contributed by atoms with van der Waals surface area (Å²) in [5, 5.41) is 23.1. The summed E-state index contributed by atoms with van der Waals surface area (Å²) in [5.74, 6) is -1.58. The van der Waals surface area contributed by atoms with Crippen molar-refractivity contribution >= 4 is 49.8 Å². The fourth-order valence-corrected chi connectivity index (χ4v) is 5.52. The van der Waals surface area contributed by atoms with Gasteiger partial charge in [0.1, 0.15) is 11.5 Å². The summed E-state index contributed by atoms with van der Waals surface area (Å²) < 4.78 is 6.29. The van der Waals surface area contributed by atoms with Crippen LogP contribution in [0.4, 0.5) is 10.8 Å². The molecule has 0 bridgehead atoms. The normalized spacial score (nSPS) is 16.8. The number of aliphatic hydroxyl groups is 1. The van der Waals surface area contributed by atoms with E-state index in [1.165, 1.54) is 34.4 Å². The molecule has 2 heterocycles. The molecule has 10 heteroatoms. The van der Waals surface area contributed by atoms with Gasteiger partial charge in [-0.05, 0) is 60.9 Å². The second-order valence-electron chi connectivity index (χ2n) is 8.63. The van der Waals surface area contributed by atoms with Gasteiger partial charge in [-0.15, -0.1) is 0 Å². The van der Waals surface area contributed by atoms with Crippen LogP contribution in [0, 0.1) is 10.1 Å². The Morgan fingerprint density at radius 2 is 1.87 bits per heavy atom. The second kappa shape index (κ2) is 10.1. The fourth-order valence-electron chi connectivity index (χ4n) is 4.46. The number of aryl methyl sites for hydroxylation is 1. The van der Waals surface area contributed by atoms with E-state index < -0.39 is 22.7 Å². The van der Waals surface area contributed by atoms with Crippen LogP contribution in [-0.2, 0) is 16.0 Å². The smallest absolute Gasteiger partial charge is 0.301 e. The maximum Gasteiger partial charge on any atom is 0.301 e. The number of nitro groups is 1. The Hall–Kier alpha value is -4.57. The number of thiazole rings is 1. The van der Waals surface area contributed by atoms with Crippen LogP contribution in [0.2, 0.25) is 0 Å². The molecule has 3 aromatic carbocycles. The molecule has 5 rings (SSSR count). The summed E-state index contributed by atoms with van der Waals surface area (Å²) in [6.45, 7) is 4.34. The number of amides is 1. The van der Waals surface area contributed by atoms with E-state index >= 15 is 0 Å². The van der Waals surface area contributed by atoms with Gasteiger partial charge >= 0.3 is 5.91 Å². The molecule has 1 saturated heterocycles. The molecule has 1 fully saturated rings. The minimum Gasteiger partial charge on any atom is -0.507 e. The number of rotatable bonds is 7. The first-order valence-electron chi connectivity index (χ1n) is 12.0. The molecule has 1 aliphatic rings. The van der Waals surface area contributed by atoms with Gasteiger partial charge in [0.2, 0.25) is 0 Å². The highest BCUT2D eigenvalue weighted by Crippen LogP contribution is 2.45. The Balaban J connectivity index is 1.70. The molecular formula is C28H23N3O6S. The van der Waals surface area contributed by atoms with Crippen LogP contribution in [0.1, 0.15) is 36.6 Å². The van der Waals surface area contributed by atoms with Crippen molar-refractivity contribution in [2.75, 3.05) is 11.5 Å². The van der Waals surface area contributed by atoms with Gasteiger partial charge in [-0.1, -0.05) is 36.5 Å². The number of hydrogen-bond acceptors (Lipinski definition) is 8. The molecule has 1 aromatic heterocycles. The monoisotopic (exact) mass is 529 g/mol. The van der Waals surface area contributed by atoms with Gasteiger partial charge in [0.15, 0.2) is 5.13 Å². The predicted molar refractivity (Wildman–Crippen MR) is 144 cm³/mol. The quantitative estimate of drug-likeness (QED) is 0.106. The largest absolute Gasteiger partial charge is 0.507 e. The zero-order chi connectivity index (χ0) is 27.0. The molecule has 0 spiro atoms. The number of nitrogens with zero attached hydrogens (tertiary/aromatic N) is 3. The number of aromatic nitrogens is 1. The summed E-state index contributed by atoms with van der Waals surface area (Å²) in [5.41, 5.74) is 1.99. The van der Waals surface area contributed by atoms with Gasteiger partial charge in [0, 0.05) is 17.7 Å². The SMILES string of the molecule is CCOc1ccc(/C(O)=C2\C(=O)C(=O)N(c3nc4ccc(CC)cc4s3)[C@@H]2c2cccc([N+](=O)[O-])c2)cc1. The van der Waals surface area contributed by atoms with Crippen LogP contribution in [0.15, 0.2) is 72.3 Å². The number of carbonyl (C=O) groups excluding carboxylic acids is 2. The Kier molecular flexibility index (Phi) is 6.64. The van der Waals surface area contributed by atoms with Crippen molar-refractivity contribution in [2.24, 2.45) is 0 Å². The fraction of sp³-hybridized carbons (Fsp3) is 0.179.